The molecule has 0 unspecified atom stereocenters. The van der Waals surface area contributed by atoms with Crippen molar-refractivity contribution in [1.29, 1.82) is 0 Å². The third kappa shape index (κ3) is 6.52. The monoisotopic (exact) mass is 346 g/mol. The first-order valence-electron chi connectivity index (χ1n) is 7.83. The Kier molecular flexibility index (Phi) is 6.96. The zero-order chi connectivity index (χ0) is 17.4. The summed E-state index contributed by atoms with van der Waals surface area (Å²) in [5, 5.41) is 11.1. The van der Waals surface area contributed by atoms with E-state index in [-0.39, 0.29) is 19.0 Å². The van der Waals surface area contributed by atoms with Crippen molar-refractivity contribution in [3.05, 3.63) is 57.8 Å². The van der Waals surface area contributed by atoms with E-state index in [2.05, 4.69) is 41.4 Å². The molecular weight excluding hydrogens is 324 g/mol. The minimum Gasteiger partial charge on any atom is -0.480 e. The normalized spacial score (nSPS) is 10.8. The fourth-order valence-electron chi connectivity index (χ4n) is 2.37. The number of nitrogens with one attached hydrogen (secondary N) is 1. The van der Waals surface area contributed by atoms with Crippen LogP contribution in [-0.2, 0) is 22.6 Å². The molecule has 24 heavy (non-hydrogen) atoms. The van der Waals surface area contributed by atoms with E-state index >= 15 is 0 Å². The van der Waals surface area contributed by atoms with Crippen LogP contribution in [0.15, 0.2) is 42.5 Å². The number of amides is 1. The molecule has 0 radical (unpaired) electrons. The highest BCUT2D eigenvalue weighted by atomic mass is 32.1. The standard InChI is InChI=1S/C18H22N2O3S/c1-14-7-8-16(24-14)12-20(13-17(21)19-11-18(22)23)10-9-15-5-3-2-4-6-15/h2-8H,9-13H2,1H3,(H,19,21)(H,22,23). The molecule has 0 saturated heterocycles. The second-order valence-corrected chi connectivity index (χ2v) is 7.00. The van der Waals surface area contributed by atoms with Gasteiger partial charge in [-0.2, -0.15) is 0 Å². The van der Waals surface area contributed by atoms with E-state index in [1.807, 2.05) is 18.2 Å². The Balaban J connectivity index is 1.94. The Bertz CT molecular complexity index is 670. The molecule has 128 valence electrons. The summed E-state index contributed by atoms with van der Waals surface area (Å²) in [5.41, 5.74) is 1.22. The fourth-order valence-corrected chi connectivity index (χ4v) is 3.30. The first kappa shape index (κ1) is 18.2. The van der Waals surface area contributed by atoms with Crippen LogP contribution in [-0.4, -0.2) is 41.5 Å². The van der Waals surface area contributed by atoms with Crippen LogP contribution in [0.25, 0.3) is 0 Å². The van der Waals surface area contributed by atoms with Crippen LogP contribution in [0.4, 0.5) is 0 Å². The molecule has 1 aromatic carbocycles. The average Bonchev–Trinajstić information content (AvgIpc) is 2.96. The van der Waals surface area contributed by atoms with E-state index in [1.54, 1.807) is 11.3 Å². The summed E-state index contributed by atoms with van der Waals surface area (Å²) in [6.45, 7) is 3.33. The largest absolute Gasteiger partial charge is 0.480 e. The van der Waals surface area contributed by atoms with Crippen molar-refractivity contribution >= 4 is 23.2 Å². The Morgan fingerprint density at radius 2 is 1.92 bits per heavy atom. The van der Waals surface area contributed by atoms with Crippen molar-refractivity contribution in [2.45, 2.75) is 19.9 Å². The van der Waals surface area contributed by atoms with Crippen LogP contribution in [0.3, 0.4) is 0 Å². The highest BCUT2D eigenvalue weighted by molar-refractivity contribution is 7.11. The van der Waals surface area contributed by atoms with Crippen molar-refractivity contribution < 1.29 is 14.7 Å². The molecule has 6 heteroatoms. The van der Waals surface area contributed by atoms with Crippen LogP contribution in [0.1, 0.15) is 15.3 Å². The molecule has 0 spiro atoms. The number of aryl methyl sites for hydroxylation is 1. The SMILES string of the molecule is Cc1ccc(CN(CCc2ccccc2)CC(=O)NCC(=O)O)s1. The van der Waals surface area contributed by atoms with Gasteiger partial charge in [0.15, 0.2) is 0 Å². The maximum absolute atomic E-state index is 12.0. The second kappa shape index (κ2) is 9.20. The smallest absolute Gasteiger partial charge is 0.322 e. The zero-order valence-corrected chi connectivity index (χ0v) is 14.5. The lowest BCUT2D eigenvalue weighted by atomic mass is 10.1. The van der Waals surface area contributed by atoms with Gasteiger partial charge in [-0.15, -0.1) is 11.3 Å². The maximum Gasteiger partial charge on any atom is 0.322 e. The predicted molar refractivity (Wildman–Crippen MR) is 95.1 cm³/mol. The Morgan fingerprint density at radius 1 is 1.17 bits per heavy atom. The molecule has 0 aliphatic rings. The number of carboxylic acid groups (broad SMARTS) is 1. The fraction of sp³-hybridized carbons (Fsp3) is 0.333. The van der Waals surface area contributed by atoms with Gasteiger partial charge in [0.2, 0.25) is 5.91 Å². The van der Waals surface area contributed by atoms with Gasteiger partial charge in [-0.3, -0.25) is 14.5 Å². The van der Waals surface area contributed by atoms with Crippen molar-refractivity contribution in [2.24, 2.45) is 0 Å². The van der Waals surface area contributed by atoms with Crippen LogP contribution < -0.4 is 5.32 Å². The number of carboxylic acids is 1. The number of hydrogen-bond donors (Lipinski definition) is 2. The summed E-state index contributed by atoms with van der Waals surface area (Å²) in [6.07, 6.45) is 0.845. The summed E-state index contributed by atoms with van der Waals surface area (Å²) in [4.78, 5) is 27.0. The van der Waals surface area contributed by atoms with Gasteiger partial charge in [-0.1, -0.05) is 30.3 Å². The maximum atomic E-state index is 12.0. The predicted octanol–water partition coefficient (Wildman–Crippen LogP) is 2.30. The zero-order valence-electron chi connectivity index (χ0n) is 13.7. The van der Waals surface area contributed by atoms with Gasteiger partial charge in [0.05, 0.1) is 6.54 Å². The van der Waals surface area contributed by atoms with Gasteiger partial charge in [0.25, 0.3) is 0 Å². The third-order valence-corrected chi connectivity index (χ3v) is 4.52. The first-order valence-corrected chi connectivity index (χ1v) is 8.64. The molecule has 0 aliphatic heterocycles. The first-order chi connectivity index (χ1) is 11.5. The van der Waals surface area contributed by atoms with Crippen molar-refractivity contribution in [3.8, 4) is 0 Å². The highest BCUT2D eigenvalue weighted by Gasteiger charge is 2.13. The topological polar surface area (TPSA) is 69.6 Å². The summed E-state index contributed by atoms with van der Waals surface area (Å²) >= 11 is 1.72. The quantitative estimate of drug-likeness (QED) is 0.731. The van der Waals surface area contributed by atoms with E-state index in [0.29, 0.717) is 6.54 Å². The van der Waals surface area contributed by atoms with Crippen LogP contribution in [0.2, 0.25) is 0 Å². The molecule has 5 nitrogen and oxygen atoms in total. The number of carbonyl (C=O) groups excluding carboxylic acids is 1. The number of carbonyl (C=O) groups is 2. The highest BCUT2D eigenvalue weighted by Crippen LogP contribution is 2.17. The lowest BCUT2D eigenvalue weighted by molar-refractivity contribution is -0.138. The number of hydrogen-bond acceptors (Lipinski definition) is 4. The Hall–Kier alpha value is -2.18. The van der Waals surface area contributed by atoms with Gasteiger partial charge in [-0.25, -0.2) is 0 Å². The van der Waals surface area contributed by atoms with E-state index in [1.165, 1.54) is 15.3 Å². The van der Waals surface area contributed by atoms with Gasteiger partial charge in [0.1, 0.15) is 6.54 Å². The molecule has 1 heterocycles. The molecule has 1 aromatic heterocycles. The Labute approximate surface area is 145 Å². The van der Waals surface area contributed by atoms with Crippen molar-refractivity contribution in [2.75, 3.05) is 19.6 Å². The molecule has 0 fully saturated rings. The average molecular weight is 346 g/mol. The summed E-state index contributed by atoms with van der Waals surface area (Å²) in [6, 6.07) is 14.3. The molecule has 1 amide bonds. The van der Waals surface area contributed by atoms with Crippen LogP contribution in [0, 0.1) is 6.92 Å². The molecule has 0 bridgehead atoms. The molecule has 0 saturated carbocycles. The minimum atomic E-state index is -1.03. The minimum absolute atomic E-state index is 0.192. The number of rotatable bonds is 9. The van der Waals surface area contributed by atoms with Crippen LogP contribution >= 0.6 is 11.3 Å². The molecular formula is C18H22N2O3S. The van der Waals surface area contributed by atoms with Gasteiger partial charge in [-0.05, 0) is 31.0 Å². The van der Waals surface area contributed by atoms with E-state index in [0.717, 1.165) is 13.0 Å². The lowest BCUT2D eigenvalue weighted by Gasteiger charge is -2.21. The van der Waals surface area contributed by atoms with Gasteiger partial charge >= 0.3 is 5.97 Å². The van der Waals surface area contributed by atoms with Crippen molar-refractivity contribution in [1.82, 2.24) is 10.2 Å². The van der Waals surface area contributed by atoms with Crippen LogP contribution in [0.5, 0.6) is 0 Å². The number of aliphatic carboxylic acids is 1. The van der Waals surface area contributed by atoms with Gasteiger partial charge in [0, 0.05) is 22.8 Å². The Morgan fingerprint density at radius 3 is 2.54 bits per heavy atom. The molecule has 2 aromatic rings. The molecule has 0 aliphatic carbocycles. The number of thiophene rings is 1. The van der Waals surface area contributed by atoms with E-state index < -0.39 is 5.97 Å². The molecule has 2 rings (SSSR count). The lowest BCUT2D eigenvalue weighted by Crippen LogP contribution is -2.39. The molecule has 2 N–H and O–H groups in total. The summed E-state index contributed by atoms with van der Waals surface area (Å²) in [5.74, 6) is -1.30. The third-order valence-electron chi connectivity index (χ3n) is 3.54. The van der Waals surface area contributed by atoms with Crippen molar-refractivity contribution in [3.63, 3.8) is 0 Å². The van der Waals surface area contributed by atoms with E-state index in [9.17, 15) is 9.59 Å². The number of benzene rings is 1. The molecule has 0 atom stereocenters. The summed E-state index contributed by atoms with van der Waals surface area (Å²) in [7, 11) is 0. The second-order valence-electron chi connectivity index (χ2n) is 5.63. The van der Waals surface area contributed by atoms with Gasteiger partial charge < -0.3 is 10.4 Å². The number of nitrogens with zero attached hydrogens (tertiary/aromatic N) is 1. The summed E-state index contributed by atoms with van der Waals surface area (Å²) < 4.78 is 0. The van der Waals surface area contributed by atoms with E-state index in [4.69, 9.17) is 5.11 Å².